The SMILES string of the molecule is CC(C)CSCC(NN)c1ccccc1OC(C)C. The third-order valence-corrected chi connectivity index (χ3v) is 4.07. The van der Waals surface area contributed by atoms with Gasteiger partial charge in [0.1, 0.15) is 5.75 Å². The molecule has 0 fully saturated rings. The quantitative estimate of drug-likeness (QED) is 0.567. The largest absolute Gasteiger partial charge is 0.491 e. The molecule has 0 spiro atoms. The monoisotopic (exact) mass is 282 g/mol. The molecule has 0 heterocycles. The zero-order valence-corrected chi connectivity index (χ0v) is 13.2. The van der Waals surface area contributed by atoms with Crippen LogP contribution >= 0.6 is 11.8 Å². The van der Waals surface area contributed by atoms with Gasteiger partial charge in [-0.25, -0.2) is 0 Å². The number of hydrogen-bond acceptors (Lipinski definition) is 4. The first kappa shape index (κ1) is 16.3. The van der Waals surface area contributed by atoms with Gasteiger partial charge in [0.05, 0.1) is 12.1 Å². The highest BCUT2D eigenvalue weighted by Crippen LogP contribution is 2.28. The summed E-state index contributed by atoms with van der Waals surface area (Å²) in [6, 6.07) is 8.24. The van der Waals surface area contributed by atoms with Crippen LogP contribution in [0, 0.1) is 5.92 Å². The van der Waals surface area contributed by atoms with Gasteiger partial charge in [-0.2, -0.15) is 11.8 Å². The maximum absolute atomic E-state index is 5.85. The van der Waals surface area contributed by atoms with E-state index in [4.69, 9.17) is 10.6 Å². The van der Waals surface area contributed by atoms with Crippen molar-refractivity contribution in [1.82, 2.24) is 5.43 Å². The van der Waals surface area contributed by atoms with Gasteiger partial charge in [0.15, 0.2) is 0 Å². The molecule has 0 aliphatic heterocycles. The molecule has 0 aromatic heterocycles. The van der Waals surface area contributed by atoms with Crippen LogP contribution in [-0.4, -0.2) is 17.6 Å². The van der Waals surface area contributed by atoms with Crippen molar-refractivity contribution in [2.24, 2.45) is 11.8 Å². The Kier molecular flexibility index (Phi) is 7.28. The minimum Gasteiger partial charge on any atom is -0.491 e. The minimum absolute atomic E-state index is 0.124. The number of nitrogens with one attached hydrogen (secondary N) is 1. The minimum atomic E-state index is 0.124. The third-order valence-electron chi connectivity index (χ3n) is 2.59. The topological polar surface area (TPSA) is 47.3 Å². The fraction of sp³-hybridized carbons (Fsp3) is 0.600. The molecule has 1 rings (SSSR count). The molecule has 4 heteroatoms. The highest BCUT2D eigenvalue weighted by molar-refractivity contribution is 7.99. The summed E-state index contributed by atoms with van der Waals surface area (Å²) in [5.41, 5.74) is 4.04. The first-order chi connectivity index (χ1) is 9.04. The molecule has 0 saturated heterocycles. The van der Waals surface area contributed by atoms with E-state index in [1.54, 1.807) is 0 Å². The van der Waals surface area contributed by atoms with Gasteiger partial charge in [-0.1, -0.05) is 32.0 Å². The average Bonchev–Trinajstić information content (AvgIpc) is 2.35. The van der Waals surface area contributed by atoms with E-state index in [2.05, 4.69) is 25.3 Å². The highest BCUT2D eigenvalue weighted by atomic mass is 32.2. The number of rotatable bonds is 8. The van der Waals surface area contributed by atoms with E-state index in [1.807, 2.05) is 43.8 Å². The Hall–Kier alpha value is -0.710. The van der Waals surface area contributed by atoms with E-state index in [1.165, 1.54) is 0 Å². The van der Waals surface area contributed by atoms with Crippen LogP contribution in [0.2, 0.25) is 0 Å². The molecular weight excluding hydrogens is 256 g/mol. The Labute approximate surface area is 121 Å². The van der Waals surface area contributed by atoms with Crippen molar-refractivity contribution in [3.05, 3.63) is 29.8 Å². The third kappa shape index (κ3) is 5.85. The van der Waals surface area contributed by atoms with Gasteiger partial charge in [0, 0.05) is 11.3 Å². The van der Waals surface area contributed by atoms with Crippen molar-refractivity contribution >= 4 is 11.8 Å². The van der Waals surface area contributed by atoms with Crippen LogP contribution < -0.4 is 16.0 Å². The maximum Gasteiger partial charge on any atom is 0.124 e. The number of nitrogens with two attached hydrogens (primary N) is 1. The molecule has 3 N–H and O–H groups in total. The summed E-state index contributed by atoms with van der Waals surface area (Å²) < 4.78 is 5.85. The predicted molar refractivity (Wildman–Crippen MR) is 84.4 cm³/mol. The van der Waals surface area contributed by atoms with Crippen molar-refractivity contribution in [2.75, 3.05) is 11.5 Å². The van der Waals surface area contributed by atoms with Crippen LogP contribution in [0.25, 0.3) is 0 Å². The van der Waals surface area contributed by atoms with Crippen LogP contribution in [0.15, 0.2) is 24.3 Å². The van der Waals surface area contributed by atoms with Crippen LogP contribution in [0.4, 0.5) is 0 Å². The Morgan fingerprint density at radius 2 is 1.84 bits per heavy atom. The summed E-state index contributed by atoms with van der Waals surface area (Å²) in [5, 5.41) is 0. The van der Waals surface area contributed by atoms with Gasteiger partial charge in [-0.3, -0.25) is 11.3 Å². The lowest BCUT2D eigenvalue weighted by molar-refractivity contribution is 0.238. The van der Waals surface area contributed by atoms with Gasteiger partial charge in [-0.05, 0) is 31.6 Å². The lowest BCUT2D eigenvalue weighted by atomic mass is 10.1. The lowest BCUT2D eigenvalue weighted by Crippen LogP contribution is -2.30. The van der Waals surface area contributed by atoms with Crippen molar-refractivity contribution in [3.63, 3.8) is 0 Å². The molecule has 1 atom stereocenters. The van der Waals surface area contributed by atoms with E-state index in [-0.39, 0.29) is 12.1 Å². The summed E-state index contributed by atoms with van der Waals surface area (Å²) in [5.74, 6) is 9.42. The molecule has 108 valence electrons. The number of hydrogen-bond donors (Lipinski definition) is 2. The molecule has 1 aromatic rings. The Bertz CT molecular complexity index is 369. The molecule has 19 heavy (non-hydrogen) atoms. The van der Waals surface area contributed by atoms with E-state index in [0.29, 0.717) is 5.92 Å². The lowest BCUT2D eigenvalue weighted by Gasteiger charge is -2.21. The van der Waals surface area contributed by atoms with Crippen LogP contribution in [0.3, 0.4) is 0 Å². The smallest absolute Gasteiger partial charge is 0.124 e. The molecule has 0 aliphatic carbocycles. The second-order valence-corrected chi connectivity index (χ2v) is 6.43. The summed E-state index contributed by atoms with van der Waals surface area (Å²) in [4.78, 5) is 0. The summed E-state index contributed by atoms with van der Waals surface area (Å²) in [6.07, 6.45) is 0.169. The van der Waals surface area contributed by atoms with E-state index in [0.717, 1.165) is 22.8 Å². The van der Waals surface area contributed by atoms with E-state index in [9.17, 15) is 0 Å². The Morgan fingerprint density at radius 3 is 2.42 bits per heavy atom. The molecule has 1 unspecified atom stereocenters. The van der Waals surface area contributed by atoms with Crippen molar-refractivity contribution in [3.8, 4) is 5.75 Å². The van der Waals surface area contributed by atoms with Crippen molar-refractivity contribution < 1.29 is 4.74 Å². The van der Waals surface area contributed by atoms with Gasteiger partial charge >= 0.3 is 0 Å². The van der Waals surface area contributed by atoms with Gasteiger partial charge < -0.3 is 4.74 Å². The molecule has 0 amide bonds. The fourth-order valence-electron chi connectivity index (χ4n) is 1.78. The highest BCUT2D eigenvalue weighted by Gasteiger charge is 2.15. The van der Waals surface area contributed by atoms with Crippen molar-refractivity contribution in [1.29, 1.82) is 0 Å². The van der Waals surface area contributed by atoms with Gasteiger partial charge in [-0.15, -0.1) is 0 Å². The van der Waals surface area contributed by atoms with Crippen LogP contribution in [0.1, 0.15) is 39.3 Å². The number of thioether (sulfide) groups is 1. The number of benzene rings is 1. The van der Waals surface area contributed by atoms with E-state index >= 15 is 0 Å². The number of para-hydroxylation sites is 1. The second-order valence-electron chi connectivity index (χ2n) is 5.35. The second kappa shape index (κ2) is 8.46. The first-order valence-electron chi connectivity index (χ1n) is 6.84. The zero-order chi connectivity index (χ0) is 14.3. The summed E-state index contributed by atoms with van der Waals surface area (Å²) >= 11 is 1.92. The predicted octanol–water partition coefficient (Wildman–Crippen LogP) is 3.37. The first-order valence-corrected chi connectivity index (χ1v) is 7.99. The summed E-state index contributed by atoms with van der Waals surface area (Å²) in [6.45, 7) is 8.53. The number of hydrazine groups is 1. The molecular formula is C15H26N2OS. The normalized spacial score (nSPS) is 13.0. The Balaban J connectivity index is 2.73. The van der Waals surface area contributed by atoms with E-state index < -0.39 is 0 Å². The van der Waals surface area contributed by atoms with Gasteiger partial charge in [0.25, 0.3) is 0 Å². The van der Waals surface area contributed by atoms with Crippen LogP contribution in [0.5, 0.6) is 5.75 Å². The number of ether oxygens (including phenoxy) is 1. The standard InChI is InChI=1S/C15H26N2OS/c1-11(2)9-19-10-14(17-16)13-7-5-6-8-15(13)18-12(3)4/h5-8,11-12,14,17H,9-10,16H2,1-4H3. The molecule has 3 nitrogen and oxygen atoms in total. The molecule has 1 aromatic carbocycles. The zero-order valence-electron chi connectivity index (χ0n) is 12.3. The molecule has 0 aliphatic rings. The Morgan fingerprint density at radius 1 is 1.16 bits per heavy atom. The molecule has 0 radical (unpaired) electrons. The average molecular weight is 282 g/mol. The molecule has 0 bridgehead atoms. The van der Waals surface area contributed by atoms with Gasteiger partial charge in [0.2, 0.25) is 0 Å². The maximum atomic E-state index is 5.85. The van der Waals surface area contributed by atoms with Crippen LogP contribution in [-0.2, 0) is 0 Å². The van der Waals surface area contributed by atoms with Crippen molar-refractivity contribution in [2.45, 2.75) is 39.8 Å². The fourth-order valence-corrected chi connectivity index (χ4v) is 2.90. The summed E-state index contributed by atoms with van der Waals surface area (Å²) in [7, 11) is 0. The molecule has 0 saturated carbocycles.